The molecule has 0 aliphatic rings. The van der Waals surface area contributed by atoms with Gasteiger partial charge in [0.25, 0.3) is 11.9 Å². The summed E-state index contributed by atoms with van der Waals surface area (Å²) in [6.07, 6.45) is 3.39. The van der Waals surface area contributed by atoms with Gasteiger partial charge in [0, 0.05) is 26.9 Å². The van der Waals surface area contributed by atoms with Gasteiger partial charge in [-0.05, 0) is 85.8 Å². The Bertz CT molecular complexity index is 2690. The van der Waals surface area contributed by atoms with Crippen molar-refractivity contribution in [3.63, 3.8) is 0 Å². The number of hydrogen-bond acceptors (Lipinski definition) is 8. The van der Waals surface area contributed by atoms with Crippen LogP contribution < -0.4 is 0 Å². The molecular weight excluding hydrogens is 760 g/mol. The van der Waals surface area contributed by atoms with Crippen LogP contribution in [0.2, 0.25) is 10.0 Å². The summed E-state index contributed by atoms with van der Waals surface area (Å²) in [6, 6.07) is 38.7. The molecule has 0 bridgehead atoms. The average Bonchev–Trinajstić information content (AvgIpc) is 3.97. The van der Waals surface area contributed by atoms with Gasteiger partial charge in [-0.1, -0.05) is 108 Å². The van der Waals surface area contributed by atoms with E-state index in [1.807, 2.05) is 135 Å². The highest BCUT2D eigenvalue weighted by molar-refractivity contribution is 7.71. The average molecular weight is 790 g/mol. The number of hydrogen-bond donors (Lipinski definition) is 2. The fourth-order valence-electron chi connectivity index (χ4n) is 5.29. The zero-order valence-corrected chi connectivity index (χ0v) is 31.9. The second-order valence-corrected chi connectivity index (χ2v) is 13.4. The zero-order valence-electron chi connectivity index (χ0n) is 28.7. The Morgan fingerprint density at radius 2 is 1.07 bits per heavy atom. The Morgan fingerprint density at radius 1 is 0.593 bits per heavy atom. The number of nitrogens with one attached hydrogen (secondary N) is 2. The number of H-pyrrole nitrogens is 2. The van der Waals surface area contributed by atoms with Gasteiger partial charge in [0.2, 0.25) is 9.54 Å². The summed E-state index contributed by atoms with van der Waals surface area (Å²) in [7, 11) is 0. The molecule has 4 aromatic carbocycles. The maximum atomic E-state index is 5.93. The molecule has 0 aliphatic heterocycles. The molecule has 0 saturated carbocycles. The first-order valence-corrected chi connectivity index (χ1v) is 18.0. The van der Waals surface area contributed by atoms with Crippen molar-refractivity contribution in [1.29, 1.82) is 0 Å². The molecule has 8 rings (SSSR count). The van der Waals surface area contributed by atoms with Crippen molar-refractivity contribution in [2.24, 2.45) is 10.2 Å². The van der Waals surface area contributed by atoms with Crippen molar-refractivity contribution >= 4 is 60.1 Å². The van der Waals surface area contributed by atoms with Crippen LogP contribution in [0, 0.1) is 23.4 Å². The van der Waals surface area contributed by atoms with Gasteiger partial charge in [0.05, 0.1) is 29.5 Å². The Kier molecular flexibility index (Phi) is 11.0. The van der Waals surface area contributed by atoms with E-state index in [0.29, 0.717) is 31.5 Å². The minimum Gasteiger partial charge on any atom is -0.248 e. The molecule has 0 atom stereocenters. The van der Waals surface area contributed by atoms with Gasteiger partial charge >= 0.3 is 0 Å². The number of aromatic nitrogens is 10. The van der Waals surface area contributed by atoms with E-state index >= 15 is 0 Å². The molecule has 0 unspecified atom stereocenters. The molecule has 54 heavy (non-hydrogen) atoms. The van der Waals surface area contributed by atoms with Crippen molar-refractivity contribution in [1.82, 2.24) is 49.3 Å². The number of benzene rings is 4. The van der Waals surface area contributed by atoms with E-state index in [2.05, 4.69) is 40.8 Å². The summed E-state index contributed by atoms with van der Waals surface area (Å²) in [5.74, 6) is 0.974. The molecule has 0 aliphatic carbocycles. The number of aromatic amines is 2. The van der Waals surface area contributed by atoms with Crippen LogP contribution in [0.25, 0.3) is 34.4 Å². The van der Waals surface area contributed by atoms with Crippen molar-refractivity contribution in [2.45, 2.75) is 13.8 Å². The van der Waals surface area contributed by atoms with Gasteiger partial charge in [-0.25, -0.2) is 14.9 Å². The largest absolute Gasteiger partial charge is 0.272 e. The van der Waals surface area contributed by atoms with Crippen LogP contribution in [0.1, 0.15) is 22.5 Å². The quantitative estimate of drug-likeness (QED) is 0.117. The molecule has 0 saturated heterocycles. The lowest BCUT2D eigenvalue weighted by molar-refractivity contribution is 0.721. The Balaban J connectivity index is 0.000000167. The van der Waals surface area contributed by atoms with Gasteiger partial charge in [-0.3, -0.25) is 0 Å². The molecule has 268 valence electrons. The fraction of sp³-hybridized carbons (Fsp3) is 0.0526. The van der Waals surface area contributed by atoms with E-state index in [0.717, 1.165) is 45.0 Å². The summed E-state index contributed by atoms with van der Waals surface area (Å²) in [5.41, 5.74) is 7.41. The highest BCUT2D eigenvalue weighted by atomic mass is 35.5. The van der Waals surface area contributed by atoms with E-state index in [1.54, 1.807) is 31.1 Å². The predicted molar refractivity (Wildman–Crippen MR) is 218 cm³/mol. The van der Waals surface area contributed by atoms with E-state index < -0.39 is 0 Å². The summed E-state index contributed by atoms with van der Waals surface area (Å²) >= 11 is 22.5. The van der Waals surface area contributed by atoms with Gasteiger partial charge in [-0.2, -0.15) is 34.4 Å². The SMILES string of the molecule is Cc1cc(-c2ccccc2)n(-c2n[nH]c(=S)n2/N=C/c2ccc(Cl)cc2)n1.Cc1cc(-c2ccccc2)nn1-c1n[nH]c(=S)n1/N=C/c1ccc(Cl)cc1. The van der Waals surface area contributed by atoms with Gasteiger partial charge in [0.1, 0.15) is 0 Å². The van der Waals surface area contributed by atoms with Crippen LogP contribution in [0.4, 0.5) is 0 Å². The predicted octanol–water partition coefficient (Wildman–Crippen LogP) is 9.27. The molecule has 2 N–H and O–H groups in total. The van der Waals surface area contributed by atoms with Gasteiger partial charge in [0.15, 0.2) is 0 Å². The highest BCUT2D eigenvalue weighted by Crippen LogP contribution is 2.24. The second-order valence-electron chi connectivity index (χ2n) is 11.8. The highest BCUT2D eigenvalue weighted by Gasteiger charge is 2.16. The third-order valence-corrected chi connectivity index (χ3v) is 8.92. The monoisotopic (exact) mass is 788 g/mol. The molecular formula is C38H30Cl2N12S2. The smallest absolute Gasteiger partial charge is 0.248 e. The molecule has 12 nitrogen and oxygen atoms in total. The summed E-state index contributed by atoms with van der Waals surface area (Å²) in [5, 5.41) is 33.7. The second kappa shape index (κ2) is 16.3. The minimum atomic E-state index is 0.377. The number of rotatable bonds is 8. The summed E-state index contributed by atoms with van der Waals surface area (Å²) < 4.78 is 7.29. The van der Waals surface area contributed by atoms with Crippen LogP contribution in [0.5, 0.6) is 0 Å². The van der Waals surface area contributed by atoms with Crippen molar-refractivity contribution in [2.75, 3.05) is 0 Å². The van der Waals surface area contributed by atoms with Crippen molar-refractivity contribution < 1.29 is 0 Å². The summed E-state index contributed by atoms with van der Waals surface area (Å²) in [4.78, 5) is 0. The zero-order chi connectivity index (χ0) is 37.6. The van der Waals surface area contributed by atoms with Crippen molar-refractivity contribution in [3.8, 4) is 34.4 Å². The maximum absolute atomic E-state index is 5.93. The summed E-state index contributed by atoms with van der Waals surface area (Å²) in [6.45, 7) is 3.90. The molecule has 0 radical (unpaired) electrons. The first kappa shape index (κ1) is 36.3. The third-order valence-electron chi connectivity index (χ3n) is 7.89. The third kappa shape index (κ3) is 8.27. The first-order valence-electron chi connectivity index (χ1n) is 16.4. The molecule has 16 heteroatoms. The number of nitrogens with zero attached hydrogens (tertiary/aromatic N) is 10. The van der Waals surface area contributed by atoms with Crippen LogP contribution >= 0.6 is 47.6 Å². The first-order chi connectivity index (χ1) is 26.2. The molecule has 8 aromatic rings. The maximum Gasteiger partial charge on any atom is 0.272 e. The van der Waals surface area contributed by atoms with E-state index in [1.165, 1.54) is 0 Å². The van der Waals surface area contributed by atoms with E-state index in [4.69, 9.17) is 47.6 Å². The van der Waals surface area contributed by atoms with E-state index in [-0.39, 0.29) is 0 Å². The lowest BCUT2D eigenvalue weighted by Gasteiger charge is -2.06. The number of aryl methyl sites for hydroxylation is 2. The Labute approximate surface area is 329 Å². The topological polar surface area (TPSA) is 128 Å². The molecule has 0 fully saturated rings. The Morgan fingerprint density at radius 3 is 1.59 bits per heavy atom. The van der Waals surface area contributed by atoms with E-state index in [9.17, 15) is 0 Å². The van der Waals surface area contributed by atoms with Gasteiger partial charge in [-0.15, -0.1) is 10.2 Å². The van der Waals surface area contributed by atoms with Crippen molar-refractivity contribution in [3.05, 3.63) is 163 Å². The van der Waals surface area contributed by atoms with Gasteiger partial charge < -0.3 is 0 Å². The molecule has 0 amide bonds. The lowest BCUT2D eigenvalue weighted by atomic mass is 10.1. The molecule has 4 heterocycles. The lowest BCUT2D eigenvalue weighted by Crippen LogP contribution is -2.07. The normalized spacial score (nSPS) is 11.3. The minimum absolute atomic E-state index is 0.377. The number of halogens is 2. The van der Waals surface area contributed by atoms with Crippen LogP contribution in [-0.4, -0.2) is 61.7 Å². The Hall–Kier alpha value is -6.06. The van der Waals surface area contributed by atoms with Crippen LogP contribution in [0.15, 0.2) is 132 Å². The van der Waals surface area contributed by atoms with Crippen LogP contribution in [0.3, 0.4) is 0 Å². The molecule has 0 spiro atoms. The standard InChI is InChI=1S/2C19H15ClN6S/c1-13-11-17(15-5-3-2-4-6-15)24-25(13)18-22-23-19(27)26(18)21-12-14-7-9-16(20)10-8-14;1-13-11-17(15-5-3-2-4-6-15)25(24-13)18-22-23-19(27)26(18)21-12-14-7-9-16(20)10-8-14/h2*2-12H,1H3,(H,23,27)/b2*21-12+. The fourth-order valence-corrected chi connectivity index (χ4v) is 5.89. The van der Waals surface area contributed by atoms with Crippen LogP contribution in [-0.2, 0) is 0 Å². The molecule has 4 aromatic heterocycles.